The van der Waals surface area contributed by atoms with E-state index >= 15 is 0 Å². The van der Waals surface area contributed by atoms with Crippen molar-refractivity contribution in [3.05, 3.63) is 24.3 Å². The minimum atomic E-state index is 0.523. The molecule has 28 heavy (non-hydrogen) atoms. The second kappa shape index (κ2) is 7.88. The lowest BCUT2D eigenvalue weighted by molar-refractivity contribution is 0.172. The average molecular weight is 384 g/mol. The molecule has 0 radical (unpaired) electrons. The van der Waals surface area contributed by atoms with E-state index in [2.05, 4.69) is 4.98 Å². The molecule has 0 bridgehead atoms. The van der Waals surface area contributed by atoms with Crippen LogP contribution in [0, 0.1) is 0 Å². The highest BCUT2D eigenvalue weighted by Crippen LogP contribution is 2.42. The number of rotatable bonds is 7. The van der Waals surface area contributed by atoms with Gasteiger partial charge in [0.25, 0.3) is 0 Å². The summed E-state index contributed by atoms with van der Waals surface area (Å²) >= 11 is 0. The van der Waals surface area contributed by atoms with Crippen LogP contribution >= 0.6 is 0 Å². The lowest BCUT2D eigenvalue weighted by Gasteiger charge is -2.17. The molecular weight excluding hydrogens is 360 g/mol. The average Bonchev–Trinajstić information content (AvgIpc) is 3.11. The number of nitrogens with one attached hydrogen (secondary N) is 1. The molecule has 0 aliphatic carbocycles. The zero-order valence-corrected chi connectivity index (χ0v) is 16.3. The third-order valence-electron chi connectivity index (χ3n) is 4.33. The zero-order valence-electron chi connectivity index (χ0n) is 16.3. The van der Waals surface area contributed by atoms with Crippen LogP contribution in [0.5, 0.6) is 28.7 Å². The number of aromatic amines is 1. The van der Waals surface area contributed by atoms with Gasteiger partial charge in [-0.2, -0.15) is 0 Å². The highest BCUT2D eigenvalue weighted by molar-refractivity contribution is 5.83. The Bertz CT molecular complexity index is 912. The Morgan fingerprint density at radius 2 is 1.46 bits per heavy atom. The Balaban J connectivity index is 1.81. The van der Waals surface area contributed by atoms with Gasteiger partial charge in [0, 0.05) is 17.7 Å². The van der Waals surface area contributed by atoms with Crippen molar-refractivity contribution in [1.29, 1.82) is 0 Å². The lowest BCUT2D eigenvalue weighted by Crippen LogP contribution is -2.15. The normalized spacial score (nSPS) is 12.8. The molecule has 0 saturated carbocycles. The summed E-state index contributed by atoms with van der Waals surface area (Å²) in [6, 6.07) is 7.65. The molecule has 0 amide bonds. The van der Waals surface area contributed by atoms with E-state index in [1.165, 1.54) is 0 Å². The number of benzene rings is 2. The van der Waals surface area contributed by atoms with Gasteiger partial charge in [-0.3, -0.25) is 0 Å². The summed E-state index contributed by atoms with van der Waals surface area (Å²) in [5, 5.41) is 0. The monoisotopic (exact) mass is 384 g/mol. The van der Waals surface area contributed by atoms with E-state index in [4.69, 9.17) is 28.7 Å². The molecule has 7 nitrogen and oxygen atoms in total. The van der Waals surface area contributed by atoms with Crippen LogP contribution in [0.1, 0.15) is 20.8 Å². The van der Waals surface area contributed by atoms with Gasteiger partial charge in [0.05, 0.1) is 30.9 Å². The molecule has 0 atom stereocenters. The Morgan fingerprint density at radius 1 is 0.857 bits per heavy atom. The molecule has 1 aliphatic rings. The summed E-state index contributed by atoms with van der Waals surface area (Å²) in [4.78, 5) is 8.08. The van der Waals surface area contributed by atoms with Crippen LogP contribution in [0.25, 0.3) is 22.4 Å². The first kappa shape index (κ1) is 18.3. The van der Waals surface area contributed by atoms with Crippen molar-refractivity contribution in [3.8, 4) is 40.1 Å². The maximum atomic E-state index is 5.81. The number of hydrogen-bond donors (Lipinski definition) is 1. The molecule has 148 valence electrons. The van der Waals surface area contributed by atoms with Crippen LogP contribution in [0.3, 0.4) is 0 Å². The summed E-state index contributed by atoms with van der Waals surface area (Å²) in [6.45, 7) is 8.48. The maximum Gasteiger partial charge on any atom is 0.203 e. The van der Waals surface area contributed by atoms with Crippen molar-refractivity contribution in [2.45, 2.75) is 20.8 Å². The molecule has 0 unspecified atom stereocenters. The van der Waals surface area contributed by atoms with Crippen molar-refractivity contribution in [1.82, 2.24) is 9.97 Å². The molecule has 4 rings (SSSR count). The van der Waals surface area contributed by atoms with E-state index in [1.807, 2.05) is 45.0 Å². The standard InChI is InChI=1S/C21H24N2O5/c1-4-24-18-9-13(10-19(25-5-2)20(18)26-6-3)21-22-14-11-16-17(12-15(14)23-21)28-8-7-27-16/h9-12H,4-8H2,1-3H3,(H,22,23). The number of H-pyrrole nitrogens is 1. The van der Waals surface area contributed by atoms with Crippen molar-refractivity contribution >= 4 is 11.0 Å². The number of imidazole rings is 1. The number of hydrogen-bond acceptors (Lipinski definition) is 6. The molecule has 0 fully saturated rings. The van der Waals surface area contributed by atoms with E-state index < -0.39 is 0 Å². The fraction of sp³-hybridized carbons (Fsp3) is 0.381. The van der Waals surface area contributed by atoms with Crippen molar-refractivity contribution < 1.29 is 23.7 Å². The third-order valence-corrected chi connectivity index (χ3v) is 4.33. The van der Waals surface area contributed by atoms with Gasteiger partial charge in [0.1, 0.15) is 19.0 Å². The van der Waals surface area contributed by atoms with Gasteiger partial charge < -0.3 is 28.7 Å². The van der Waals surface area contributed by atoms with E-state index in [9.17, 15) is 0 Å². The summed E-state index contributed by atoms with van der Waals surface area (Å²) in [7, 11) is 0. The van der Waals surface area contributed by atoms with Crippen molar-refractivity contribution in [3.63, 3.8) is 0 Å². The second-order valence-electron chi connectivity index (χ2n) is 6.20. The highest BCUT2D eigenvalue weighted by atomic mass is 16.6. The number of nitrogens with zero attached hydrogens (tertiary/aromatic N) is 1. The van der Waals surface area contributed by atoms with Gasteiger partial charge in [-0.25, -0.2) is 4.98 Å². The van der Waals surface area contributed by atoms with Gasteiger partial charge in [-0.1, -0.05) is 0 Å². The molecule has 3 aromatic rings. The largest absolute Gasteiger partial charge is 0.490 e. The van der Waals surface area contributed by atoms with Gasteiger partial charge in [0.2, 0.25) is 5.75 Å². The molecule has 1 aromatic heterocycles. The van der Waals surface area contributed by atoms with Crippen LogP contribution < -0.4 is 23.7 Å². The Kier molecular flexibility index (Phi) is 5.14. The smallest absolute Gasteiger partial charge is 0.203 e. The topological polar surface area (TPSA) is 74.8 Å². The number of fused-ring (bicyclic) bond motifs is 2. The van der Waals surface area contributed by atoms with Crippen LogP contribution in [0.2, 0.25) is 0 Å². The molecule has 0 saturated heterocycles. The Hall–Kier alpha value is -3.09. The molecule has 1 aliphatic heterocycles. The second-order valence-corrected chi connectivity index (χ2v) is 6.20. The van der Waals surface area contributed by atoms with Crippen molar-refractivity contribution in [2.24, 2.45) is 0 Å². The van der Waals surface area contributed by atoms with Crippen LogP contribution in [0.4, 0.5) is 0 Å². The first-order valence-electron chi connectivity index (χ1n) is 9.59. The minimum Gasteiger partial charge on any atom is -0.490 e. The van der Waals surface area contributed by atoms with E-state index in [0.29, 0.717) is 61.9 Å². The van der Waals surface area contributed by atoms with E-state index in [-0.39, 0.29) is 0 Å². The van der Waals surface area contributed by atoms with Crippen molar-refractivity contribution in [2.75, 3.05) is 33.0 Å². The maximum absolute atomic E-state index is 5.81. The Morgan fingerprint density at radius 3 is 2.07 bits per heavy atom. The van der Waals surface area contributed by atoms with Gasteiger partial charge in [-0.05, 0) is 32.9 Å². The third kappa shape index (κ3) is 3.40. The Labute approximate surface area is 163 Å². The molecule has 1 N–H and O–H groups in total. The van der Waals surface area contributed by atoms with Gasteiger partial charge in [-0.15, -0.1) is 0 Å². The molecule has 7 heteroatoms. The lowest BCUT2D eigenvalue weighted by atomic mass is 10.1. The predicted molar refractivity (Wildman–Crippen MR) is 106 cm³/mol. The quantitative estimate of drug-likeness (QED) is 0.658. The predicted octanol–water partition coefficient (Wildman–Crippen LogP) is 4.20. The zero-order chi connectivity index (χ0) is 19.5. The molecule has 2 heterocycles. The fourth-order valence-corrected chi connectivity index (χ4v) is 3.21. The molecule has 0 spiro atoms. The summed E-state index contributed by atoms with van der Waals surface area (Å²) < 4.78 is 28.7. The minimum absolute atomic E-state index is 0.523. The van der Waals surface area contributed by atoms with Gasteiger partial charge in [0.15, 0.2) is 23.0 Å². The fourth-order valence-electron chi connectivity index (χ4n) is 3.21. The first-order chi connectivity index (χ1) is 13.7. The summed E-state index contributed by atoms with van der Waals surface area (Å²) in [5.41, 5.74) is 2.54. The first-order valence-corrected chi connectivity index (χ1v) is 9.59. The van der Waals surface area contributed by atoms with E-state index in [1.54, 1.807) is 0 Å². The summed E-state index contributed by atoms with van der Waals surface area (Å²) in [6.07, 6.45) is 0. The SMILES string of the molecule is CCOc1cc(-c2nc3cc4c(cc3[nH]2)OCCO4)cc(OCC)c1OCC. The summed E-state index contributed by atoms with van der Waals surface area (Å²) in [5.74, 6) is 4.04. The van der Waals surface area contributed by atoms with E-state index in [0.717, 1.165) is 22.3 Å². The number of aromatic nitrogens is 2. The number of ether oxygens (including phenoxy) is 5. The van der Waals surface area contributed by atoms with Crippen LogP contribution in [0.15, 0.2) is 24.3 Å². The van der Waals surface area contributed by atoms with Crippen LogP contribution in [-0.4, -0.2) is 43.0 Å². The van der Waals surface area contributed by atoms with Crippen LogP contribution in [-0.2, 0) is 0 Å². The highest BCUT2D eigenvalue weighted by Gasteiger charge is 2.19. The van der Waals surface area contributed by atoms with Gasteiger partial charge >= 0.3 is 0 Å². The molecule has 2 aromatic carbocycles. The molecular formula is C21H24N2O5.